The lowest BCUT2D eigenvalue weighted by atomic mass is 10.5. The van der Waals surface area contributed by atoms with Gasteiger partial charge in [0.1, 0.15) is 5.00 Å². The molecular formula is C5H7N3OS. The first-order valence-electron chi connectivity index (χ1n) is 2.67. The van der Waals surface area contributed by atoms with Crippen molar-refractivity contribution in [1.29, 1.82) is 0 Å². The summed E-state index contributed by atoms with van der Waals surface area (Å²) in [5, 5.41) is 3.68. The normalized spacial score (nSPS) is 9.30. The third-order valence-electron chi connectivity index (χ3n) is 1.00. The first kappa shape index (κ1) is 7.01. The molecule has 0 radical (unpaired) electrons. The van der Waals surface area contributed by atoms with Gasteiger partial charge >= 0.3 is 0 Å². The van der Waals surface area contributed by atoms with E-state index in [2.05, 4.69) is 10.3 Å². The van der Waals surface area contributed by atoms with E-state index in [-0.39, 0.29) is 0 Å². The van der Waals surface area contributed by atoms with Crippen LogP contribution in [0.15, 0.2) is 0 Å². The molecule has 1 amide bonds. The molecule has 0 aliphatic carbocycles. The van der Waals surface area contributed by atoms with Crippen LogP contribution in [0, 0.1) is 6.92 Å². The summed E-state index contributed by atoms with van der Waals surface area (Å²) in [5.41, 5.74) is 6.12. The average molecular weight is 157 g/mol. The Morgan fingerprint density at radius 1 is 1.80 bits per heavy atom. The first-order valence-corrected chi connectivity index (χ1v) is 3.49. The lowest BCUT2D eigenvalue weighted by Crippen LogP contribution is -1.91. The minimum Gasteiger partial charge on any atom is -0.375 e. The van der Waals surface area contributed by atoms with Crippen molar-refractivity contribution < 1.29 is 4.79 Å². The summed E-state index contributed by atoms with van der Waals surface area (Å²) < 4.78 is 0. The van der Waals surface area contributed by atoms with Crippen LogP contribution in [-0.4, -0.2) is 11.4 Å². The maximum absolute atomic E-state index is 9.96. The smallest absolute Gasteiger partial charge is 0.212 e. The molecule has 0 bridgehead atoms. The lowest BCUT2D eigenvalue weighted by Gasteiger charge is -1.89. The van der Waals surface area contributed by atoms with Gasteiger partial charge in [-0.05, 0) is 6.92 Å². The highest BCUT2D eigenvalue weighted by atomic mass is 32.1. The molecule has 0 saturated carbocycles. The van der Waals surface area contributed by atoms with Crippen molar-refractivity contribution in [2.45, 2.75) is 6.92 Å². The van der Waals surface area contributed by atoms with Crippen molar-refractivity contribution in [3.8, 4) is 0 Å². The fourth-order valence-corrected chi connectivity index (χ4v) is 1.30. The average Bonchev–Trinajstić information content (AvgIpc) is 2.13. The molecule has 1 rings (SSSR count). The van der Waals surface area contributed by atoms with E-state index in [0.29, 0.717) is 16.5 Å². The number of aryl methyl sites for hydroxylation is 1. The van der Waals surface area contributed by atoms with Gasteiger partial charge in [0.05, 0.1) is 5.69 Å². The number of nitrogens with one attached hydrogen (secondary N) is 1. The number of aromatic nitrogens is 1. The van der Waals surface area contributed by atoms with E-state index < -0.39 is 0 Å². The Morgan fingerprint density at radius 2 is 2.50 bits per heavy atom. The largest absolute Gasteiger partial charge is 0.375 e. The Balaban J connectivity index is 2.91. The number of anilines is 2. The molecule has 1 aromatic heterocycles. The number of carbonyl (C=O) groups excluding carboxylic acids is 1. The topological polar surface area (TPSA) is 68.0 Å². The second-order valence-electron chi connectivity index (χ2n) is 1.73. The highest BCUT2D eigenvalue weighted by molar-refractivity contribution is 7.19. The summed E-state index contributed by atoms with van der Waals surface area (Å²) in [7, 11) is 0. The molecule has 10 heavy (non-hydrogen) atoms. The molecule has 0 aromatic carbocycles. The summed E-state index contributed by atoms with van der Waals surface area (Å²) >= 11 is 1.26. The fraction of sp³-hybridized carbons (Fsp3) is 0.200. The van der Waals surface area contributed by atoms with Gasteiger partial charge in [-0.2, -0.15) is 0 Å². The standard InChI is InChI=1S/C5H7N3OS/c1-3-4(7-2-9)10-5(6)8-3/h2H,1H3,(H2,6,8)(H,7,9). The molecule has 4 nitrogen and oxygen atoms in total. The van der Waals surface area contributed by atoms with E-state index in [0.717, 1.165) is 5.69 Å². The first-order chi connectivity index (χ1) is 4.74. The molecule has 3 N–H and O–H groups in total. The van der Waals surface area contributed by atoms with Gasteiger partial charge in [0, 0.05) is 0 Å². The number of hydrogen-bond donors (Lipinski definition) is 2. The Labute approximate surface area is 62.1 Å². The van der Waals surface area contributed by atoms with Crippen LogP contribution in [0.1, 0.15) is 5.69 Å². The van der Waals surface area contributed by atoms with Crippen molar-refractivity contribution in [2.24, 2.45) is 0 Å². The van der Waals surface area contributed by atoms with Gasteiger partial charge in [0.15, 0.2) is 5.13 Å². The summed E-state index contributed by atoms with van der Waals surface area (Å²) in [5.74, 6) is 0. The number of nitrogens with zero attached hydrogens (tertiary/aromatic N) is 1. The van der Waals surface area contributed by atoms with Crippen LogP contribution in [0.4, 0.5) is 10.1 Å². The van der Waals surface area contributed by atoms with Gasteiger partial charge in [-0.15, -0.1) is 0 Å². The van der Waals surface area contributed by atoms with Gasteiger partial charge in [-0.1, -0.05) is 11.3 Å². The zero-order chi connectivity index (χ0) is 7.56. The fourth-order valence-electron chi connectivity index (χ4n) is 0.605. The molecule has 1 aromatic rings. The molecule has 0 fully saturated rings. The molecule has 0 spiro atoms. The molecule has 0 saturated heterocycles. The second kappa shape index (κ2) is 2.66. The summed E-state index contributed by atoms with van der Waals surface area (Å²) in [6.45, 7) is 1.79. The minimum atomic E-state index is 0.474. The van der Waals surface area contributed by atoms with Gasteiger partial charge < -0.3 is 11.1 Å². The Bertz CT molecular complexity index is 245. The molecule has 0 atom stereocenters. The minimum absolute atomic E-state index is 0.474. The molecule has 0 aliphatic rings. The molecule has 1 heterocycles. The van der Waals surface area contributed by atoms with E-state index in [9.17, 15) is 4.79 Å². The van der Waals surface area contributed by atoms with Crippen LogP contribution in [0.2, 0.25) is 0 Å². The van der Waals surface area contributed by atoms with Gasteiger partial charge in [0.25, 0.3) is 0 Å². The Morgan fingerprint density at radius 3 is 2.90 bits per heavy atom. The number of amides is 1. The molecule has 54 valence electrons. The Kier molecular flexibility index (Phi) is 1.86. The van der Waals surface area contributed by atoms with E-state index >= 15 is 0 Å². The predicted octanol–water partition coefficient (Wildman–Crippen LogP) is 0.602. The number of nitrogens with two attached hydrogens (primary N) is 1. The highest BCUT2D eigenvalue weighted by Gasteiger charge is 2.01. The van der Waals surface area contributed by atoms with Crippen molar-refractivity contribution in [1.82, 2.24) is 4.98 Å². The van der Waals surface area contributed by atoms with E-state index in [4.69, 9.17) is 5.73 Å². The quantitative estimate of drug-likeness (QED) is 0.618. The van der Waals surface area contributed by atoms with E-state index in [1.807, 2.05) is 0 Å². The van der Waals surface area contributed by atoms with Crippen molar-refractivity contribution in [2.75, 3.05) is 11.1 Å². The van der Waals surface area contributed by atoms with Crippen molar-refractivity contribution in [3.63, 3.8) is 0 Å². The van der Waals surface area contributed by atoms with E-state index in [1.54, 1.807) is 6.92 Å². The number of nitrogen functional groups attached to an aromatic ring is 1. The van der Waals surface area contributed by atoms with Crippen LogP contribution in [0.25, 0.3) is 0 Å². The van der Waals surface area contributed by atoms with Crippen LogP contribution in [0.3, 0.4) is 0 Å². The SMILES string of the molecule is Cc1nc(N)sc1NC=O. The van der Waals surface area contributed by atoms with E-state index in [1.165, 1.54) is 11.3 Å². The lowest BCUT2D eigenvalue weighted by molar-refractivity contribution is -0.105. The summed E-state index contributed by atoms with van der Waals surface area (Å²) in [6, 6.07) is 0. The zero-order valence-corrected chi connectivity index (χ0v) is 6.23. The number of carbonyl (C=O) groups is 1. The molecule has 5 heteroatoms. The molecular weight excluding hydrogens is 150 g/mol. The maximum atomic E-state index is 9.96. The summed E-state index contributed by atoms with van der Waals surface area (Å²) in [6.07, 6.45) is 0.611. The third-order valence-corrected chi connectivity index (χ3v) is 1.92. The highest BCUT2D eigenvalue weighted by Crippen LogP contribution is 2.24. The van der Waals surface area contributed by atoms with Crippen LogP contribution < -0.4 is 11.1 Å². The Hall–Kier alpha value is -1.10. The zero-order valence-electron chi connectivity index (χ0n) is 5.42. The van der Waals surface area contributed by atoms with Crippen LogP contribution in [0.5, 0.6) is 0 Å². The molecule has 0 unspecified atom stereocenters. The number of hydrogen-bond acceptors (Lipinski definition) is 4. The number of rotatable bonds is 2. The molecule has 0 aliphatic heterocycles. The van der Waals surface area contributed by atoms with Crippen molar-refractivity contribution in [3.05, 3.63) is 5.69 Å². The second-order valence-corrected chi connectivity index (χ2v) is 2.76. The van der Waals surface area contributed by atoms with Gasteiger partial charge in [0.2, 0.25) is 6.41 Å². The van der Waals surface area contributed by atoms with Crippen LogP contribution >= 0.6 is 11.3 Å². The van der Waals surface area contributed by atoms with Gasteiger partial charge in [-0.3, -0.25) is 4.79 Å². The maximum Gasteiger partial charge on any atom is 0.212 e. The van der Waals surface area contributed by atoms with Gasteiger partial charge in [-0.25, -0.2) is 4.98 Å². The number of thiazole rings is 1. The van der Waals surface area contributed by atoms with Crippen LogP contribution in [-0.2, 0) is 4.79 Å². The monoisotopic (exact) mass is 157 g/mol. The summed E-state index contributed by atoms with van der Waals surface area (Å²) in [4.78, 5) is 13.9. The third kappa shape index (κ3) is 1.24. The predicted molar refractivity (Wildman–Crippen MR) is 41.0 cm³/mol. The van der Waals surface area contributed by atoms with Crippen molar-refractivity contribution >= 4 is 27.9 Å².